The lowest BCUT2D eigenvalue weighted by Crippen LogP contribution is -2.29. The normalized spacial score (nSPS) is 21.5. The fourth-order valence-electron chi connectivity index (χ4n) is 1.75. The van der Waals surface area contributed by atoms with Gasteiger partial charge in [0.2, 0.25) is 5.91 Å². The van der Waals surface area contributed by atoms with Crippen LogP contribution in [0.5, 0.6) is 0 Å². The van der Waals surface area contributed by atoms with Crippen molar-refractivity contribution in [1.82, 2.24) is 4.90 Å². The minimum atomic E-state index is -0.102. The molecule has 0 spiro atoms. The predicted molar refractivity (Wildman–Crippen MR) is 60.4 cm³/mol. The Balaban J connectivity index is 2.61. The van der Waals surface area contributed by atoms with Crippen molar-refractivity contribution in [3.05, 3.63) is 11.8 Å². The summed E-state index contributed by atoms with van der Waals surface area (Å²) in [4.78, 5) is 13.5. The summed E-state index contributed by atoms with van der Waals surface area (Å²) in [7, 11) is 0. The maximum Gasteiger partial charge on any atom is 0.249 e. The third-order valence-corrected chi connectivity index (χ3v) is 2.74. The highest BCUT2D eigenvalue weighted by atomic mass is 16.5. The molecule has 0 atom stereocenters. The summed E-state index contributed by atoms with van der Waals surface area (Å²) in [5, 5.41) is 0. The molecule has 1 saturated heterocycles. The SMILES string of the molecule is CCN(CC)C(=O)/C=C1\CCC(C)(C)O1. The van der Waals surface area contributed by atoms with Gasteiger partial charge >= 0.3 is 0 Å². The van der Waals surface area contributed by atoms with E-state index < -0.39 is 0 Å². The molecule has 0 bridgehead atoms. The lowest BCUT2D eigenvalue weighted by Gasteiger charge is -2.18. The van der Waals surface area contributed by atoms with E-state index in [0.717, 1.165) is 31.7 Å². The lowest BCUT2D eigenvalue weighted by atomic mass is 10.1. The van der Waals surface area contributed by atoms with E-state index >= 15 is 0 Å². The van der Waals surface area contributed by atoms with Gasteiger partial charge in [-0.25, -0.2) is 0 Å². The van der Waals surface area contributed by atoms with Gasteiger partial charge in [-0.3, -0.25) is 4.79 Å². The zero-order chi connectivity index (χ0) is 11.5. The Hall–Kier alpha value is -0.990. The number of hydrogen-bond donors (Lipinski definition) is 0. The summed E-state index contributed by atoms with van der Waals surface area (Å²) in [6, 6.07) is 0. The first-order valence-electron chi connectivity index (χ1n) is 5.67. The molecule has 0 aliphatic carbocycles. The second-order valence-corrected chi connectivity index (χ2v) is 4.48. The number of likely N-dealkylation sites (N-methyl/N-ethyl adjacent to an activating group) is 1. The van der Waals surface area contributed by atoms with Crippen LogP contribution in [0.1, 0.15) is 40.5 Å². The predicted octanol–water partition coefficient (Wildman–Crippen LogP) is 2.33. The van der Waals surface area contributed by atoms with E-state index in [1.54, 1.807) is 11.0 Å². The van der Waals surface area contributed by atoms with Crippen molar-refractivity contribution in [2.75, 3.05) is 13.1 Å². The Labute approximate surface area is 92.1 Å². The van der Waals surface area contributed by atoms with E-state index in [4.69, 9.17) is 4.74 Å². The molecule has 0 aromatic rings. The van der Waals surface area contributed by atoms with Crippen molar-refractivity contribution in [3.8, 4) is 0 Å². The molecule has 0 aromatic carbocycles. The third kappa shape index (κ3) is 3.26. The molecule has 1 rings (SSSR count). The number of hydrogen-bond acceptors (Lipinski definition) is 2. The standard InChI is InChI=1S/C12H21NO2/c1-5-13(6-2)11(14)9-10-7-8-12(3,4)15-10/h9H,5-8H2,1-4H3/b10-9+. The van der Waals surface area contributed by atoms with Gasteiger partial charge in [-0.05, 0) is 34.1 Å². The van der Waals surface area contributed by atoms with Crippen LogP contribution in [0, 0.1) is 0 Å². The van der Waals surface area contributed by atoms with Crippen LogP contribution < -0.4 is 0 Å². The molecule has 0 unspecified atom stereocenters. The van der Waals surface area contributed by atoms with Crippen LogP contribution in [0.25, 0.3) is 0 Å². The van der Waals surface area contributed by atoms with E-state index in [-0.39, 0.29) is 11.5 Å². The molecule has 1 fully saturated rings. The Morgan fingerprint density at radius 2 is 2.07 bits per heavy atom. The summed E-state index contributed by atoms with van der Waals surface area (Å²) >= 11 is 0. The van der Waals surface area contributed by atoms with Crippen LogP contribution in [0.3, 0.4) is 0 Å². The van der Waals surface area contributed by atoms with Crippen LogP contribution >= 0.6 is 0 Å². The van der Waals surface area contributed by atoms with Crippen molar-refractivity contribution in [1.29, 1.82) is 0 Å². The van der Waals surface area contributed by atoms with Gasteiger partial charge in [-0.15, -0.1) is 0 Å². The Morgan fingerprint density at radius 1 is 1.47 bits per heavy atom. The number of allylic oxidation sites excluding steroid dienone is 1. The van der Waals surface area contributed by atoms with E-state index in [0.29, 0.717) is 0 Å². The van der Waals surface area contributed by atoms with Crippen molar-refractivity contribution in [2.45, 2.75) is 46.1 Å². The average molecular weight is 211 g/mol. The zero-order valence-corrected chi connectivity index (χ0v) is 10.2. The Bertz CT molecular complexity index is 265. The second kappa shape index (κ2) is 4.69. The average Bonchev–Trinajstić information content (AvgIpc) is 2.47. The van der Waals surface area contributed by atoms with Crippen LogP contribution in [-0.4, -0.2) is 29.5 Å². The molecular formula is C12H21NO2. The second-order valence-electron chi connectivity index (χ2n) is 4.48. The third-order valence-electron chi connectivity index (χ3n) is 2.74. The number of nitrogens with zero attached hydrogens (tertiary/aromatic N) is 1. The molecule has 0 aromatic heterocycles. The molecule has 15 heavy (non-hydrogen) atoms. The number of rotatable bonds is 3. The number of amides is 1. The van der Waals surface area contributed by atoms with Crippen LogP contribution in [0.4, 0.5) is 0 Å². The van der Waals surface area contributed by atoms with E-state index in [1.807, 2.05) is 13.8 Å². The minimum Gasteiger partial charge on any atom is -0.492 e. The fourth-order valence-corrected chi connectivity index (χ4v) is 1.75. The highest BCUT2D eigenvalue weighted by Crippen LogP contribution is 2.31. The molecule has 1 aliphatic heterocycles. The smallest absolute Gasteiger partial charge is 0.249 e. The summed E-state index contributed by atoms with van der Waals surface area (Å²) in [5.41, 5.74) is -0.102. The van der Waals surface area contributed by atoms with Crippen LogP contribution in [0.15, 0.2) is 11.8 Å². The summed E-state index contributed by atoms with van der Waals surface area (Å²) in [5.74, 6) is 0.893. The molecule has 1 heterocycles. The molecule has 3 heteroatoms. The number of ether oxygens (including phenoxy) is 1. The highest BCUT2D eigenvalue weighted by molar-refractivity contribution is 5.88. The molecule has 0 radical (unpaired) electrons. The molecule has 1 amide bonds. The zero-order valence-electron chi connectivity index (χ0n) is 10.2. The van der Waals surface area contributed by atoms with E-state index in [9.17, 15) is 4.79 Å². The van der Waals surface area contributed by atoms with Crippen molar-refractivity contribution in [3.63, 3.8) is 0 Å². The number of carbonyl (C=O) groups excluding carboxylic acids is 1. The first-order chi connectivity index (χ1) is 6.98. The van der Waals surface area contributed by atoms with Gasteiger partial charge in [0.15, 0.2) is 0 Å². The topological polar surface area (TPSA) is 29.5 Å². The molecule has 0 N–H and O–H groups in total. The summed E-state index contributed by atoms with van der Waals surface area (Å²) < 4.78 is 5.67. The molecule has 3 nitrogen and oxygen atoms in total. The first-order valence-corrected chi connectivity index (χ1v) is 5.67. The van der Waals surface area contributed by atoms with E-state index in [1.165, 1.54) is 0 Å². The van der Waals surface area contributed by atoms with Gasteiger partial charge in [0, 0.05) is 25.6 Å². The van der Waals surface area contributed by atoms with Crippen LogP contribution in [-0.2, 0) is 9.53 Å². The van der Waals surface area contributed by atoms with Gasteiger partial charge in [0.25, 0.3) is 0 Å². The first kappa shape index (κ1) is 12.1. The molecule has 0 saturated carbocycles. The summed E-state index contributed by atoms with van der Waals surface area (Å²) in [6.07, 6.45) is 3.51. The molecule has 86 valence electrons. The largest absolute Gasteiger partial charge is 0.492 e. The van der Waals surface area contributed by atoms with Gasteiger partial charge in [-0.1, -0.05) is 0 Å². The summed E-state index contributed by atoms with van der Waals surface area (Å²) in [6.45, 7) is 9.58. The monoisotopic (exact) mass is 211 g/mol. The van der Waals surface area contributed by atoms with Crippen molar-refractivity contribution >= 4 is 5.91 Å². The fraction of sp³-hybridized carbons (Fsp3) is 0.750. The number of carbonyl (C=O) groups is 1. The van der Waals surface area contributed by atoms with E-state index in [2.05, 4.69) is 13.8 Å². The maximum atomic E-state index is 11.7. The maximum absolute atomic E-state index is 11.7. The Kier molecular flexibility index (Phi) is 3.77. The van der Waals surface area contributed by atoms with Crippen molar-refractivity contribution < 1.29 is 9.53 Å². The van der Waals surface area contributed by atoms with Crippen LogP contribution in [0.2, 0.25) is 0 Å². The van der Waals surface area contributed by atoms with Gasteiger partial charge in [-0.2, -0.15) is 0 Å². The molecular weight excluding hydrogens is 190 g/mol. The highest BCUT2D eigenvalue weighted by Gasteiger charge is 2.28. The van der Waals surface area contributed by atoms with Gasteiger partial charge in [0.1, 0.15) is 11.4 Å². The quantitative estimate of drug-likeness (QED) is 0.670. The van der Waals surface area contributed by atoms with Gasteiger partial charge in [0.05, 0.1) is 0 Å². The lowest BCUT2D eigenvalue weighted by molar-refractivity contribution is -0.125. The minimum absolute atomic E-state index is 0.0627. The molecule has 1 aliphatic rings. The van der Waals surface area contributed by atoms with Gasteiger partial charge < -0.3 is 9.64 Å². The van der Waals surface area contributed by atoms with Crippen molar-refractivity contribution in [2.24, 2.45) is 0 Å². The Morgan fingerprint density at radius 3 is 2.47 bits per heavy atom.